The second-order valence-electron chi connectivity index (χ2n) is 3.59. The highest BCUT2D eigenvalue weighted by Crippen LogP contribution is 2.15. The van der Waals surface area contributed by atoms with Crippen molar-refractivity contribution in [2.75, 3.05) is 16.8 Å². The van der Waals surface area contributed by atoms with Gasteiger partial charge in [-0.05, 0) is 24.1 Å². The van der Waals surface area contributed by atoms with Gasteiger partial charge in [0, 0.05) is 5.69 Å². The van der Waals surface area contributed by atoms with E-state index in [2.05, 4.69) is 5.32 Å². The van der Waals surface area contributed by atoms with E-state index in [1.807, 2.05) is 6.92 Å². The summed E-state index contributed by atoms with van der Waals surface area (Å²) in [6.07, 6.45) is 0.592. The molecule has 0 aliphatic rings. The second-order valence-corrected chi connectivity index (χ2v) is 4.58. The van der Waals surface area contributed by atoms with Crippen LogP contribution in [0.4, 0.5) is 10.1 Å². The summed E-state index contributed by atoms with van der Waals surface area (Å²) in [5.41, 5.74) is 0.971. The molecule has 0 aromatic heterocycles. The smallest absolute Gasteiger partial charge is 0.313 e. The fourth-order valence-electron chi connectivity index (χ4n) is 1.34. The van der Waals surface area contributed by atoms with Gasteiger partial charge in [-0.25, -0.2) is 4.39 Å². The van der Waals surface area contributed by atoms with E-state index in [0.717, 1.165) is 11.8 Å². The lowest BCUT2D eigenvalue weighted by Crippen LogP contribution is -2.15. The molecule has 0 atom stereocenters. The number of carbonyl (C=O) groups excluding carboxylic acids is 1. The van der Waals surface area contributed by atoms with Gasteiger partial charge in [0.2, 0.25) is 5.91 Å². The lowest BCUT2D eigenvalue weighted by molar-refractivity contribution is -0.133. The molecule has 0 aliphatic heterocycles. The van der Waals surface area contributed by atoms with Crippen LogP contribution in [0.25, 0.3) is 0 Å². The zero-order chi connectivity index (χ0) is 13.5. The standard InChI is InChI=1S/C12H14FNO3S/c1-2-8-3-4-9(5-10(8)13)14-11(15)6-18-7-12(16)17/h3-5H,2,6-7H2,1H3,(H,14,15)(H,16,17). The van der Waals surface area contributed by atoms with E-state index in [9.17, 15) is 14.0 Å². The van der Waals surface area contributed by atoms with Crippen molar-refractivity contribution < 1.29 is 19.1 Å². The fraction of sp³-hybridized carbons (Fsp3) is 0.333. The van der Waals surface area contributed by atoms with Crippen LogP contribution in [0.5, 0.6) is 0 Å². The van der Waals surface area contributed by atoms with Crippen LogP contribution in [0.15, 0.2) is 18.2 Å². The van der Waals surface area contributed by atoms with Gasteiger partial charge in [0.15, 0.2) is 0 Å². The first-order valence-corrected chi connectivity index (χ1v) is 6.56. The molecule has 1 rings (SSSR count). The Morgan fingerprint density at radius 3 is 2.67 bits per heavy atom. The lowest BCUT2D eigenvalue weighted by atomic mass is 10.1. The first-order chi connectivity index (χ1) is 8.52. The Balaban J connectivity index is 2.49. The molecule has 1 aromatic rings. The van der Waals surface area contributed by atoms with Crippen molar-refractivity contribution in [2.24, 2.45) is 0 Å². The van der Waals surface area contributed by atoms with Gasteiger partial charge in [0.05, 0.1) is 11.5 Å². The van der Waals surface area contributed by atoms with Crippen LogP contribution in [0.1, 0.15) is 12.5 Å². The van der Waals surface area contributed by atoms with Crippen LogP contribution in [0, 0.1) is 5.82 Å². The second kappa shape index (κ2) is 7.00. The first kappa shape index (κ1) is 14.5. The number of hydrogen-bond acceptors (Lipinski definition) is 3. The van der Waals surface area contributed by atoms with Gasteiger partial charge in [-0.15, -0.1) is 11.8 Å². The summed E-state index contributed by atoms with van der Waals surface area (Å²) in [5.74, 6) is -1.76. The molecule has 0 saturated heterocycles. The molecule has 4 nitrogen and oxygen atoms in total. The molecule has 18 heavy (non-hydrogen) atoms. The summed E-state index contributed by atoms with van der Waals surface area (Å²) in [6, 6.07) is 4.51. The molecule has 0 fully saturated rings. The third-order valence-electron chi connectivity index (χ3n) is 2.18. The number of nitrogens with one attached hydrogen (secondary N) is 1. The number of aliphatic carboxylic acids is 1. The van der Waals surface area contributed by atoms with E-state index < -0.39 is 5.97 Å². The molecular weight excluding hydrogens is 257 g/mol. The number of halogens is 1. The van der Waals surface area contributed by atoms with Crippen molar-refractivity contribution in [3.05, 3.63) is 29.6 Å². The molecule has 0 bridgehead atoms. The maximum atomic E-state index is 13.4. The van der Waals surface area contributed by atoms with Crippen LogP contribution in [0.3, 0.4) is 0 Å². The minimum atomic E-state index is -0.967. The molecule has 2 N–H and O–H groups in total. The maximum absolute atomic E-state index is 13.4. The average Bonchev–Trinajstić information content (AvgIpc) is 2.28. The van der Waals surface area contributed by atoms with Gasteiger partial charge >= 0.3 is 5.97 Å². The zero-order valence-corrected chi connectivity index (χ0v) is 10.7. The number of amides is 1. The summed E-state index contributed by atoms with van der Waals surface area (Å²) in [5, 5.41) is 10.9. The average molecular weight is 271 g/mol. The summed E-state index contributed by atoms with van der Waals surface area (Å²) >= 11 is 0.995. The van der Waals surface area contributed by atoms with Gasteiger partial charge in [0.25, 0.3) is 0 Å². The lowest BCUT2D eigenvalue weighted by Gasteiger charge is -2.06. The van der Waals surface area contributed by atoms with Crippen LogP contribution in [0.2, 0.25) is 0 Å². The molecule has 6 heteroatoms. The van der Waals surface area contributed by atoms with Crippen molar-refractivity contribution in [1.29, 1.82) is 0 Å². The molecule has 98 valence electrons. The highest BCUT2D eigenvalue weighted by atomic mass is 32.2. The summed E-state index contributed by atoms with van der Waals surface area (Å²) in [6.45, 7) is 1.85. The van der Waals surface area contributed by atoms with Crippen molar-refractivity contribution in [1.82, 2.24) is 0 Å². The number of thioether (sulfide) groups is 1. The molecular formula is C12H14FNO3S. The number of anilines is 1. The molecule has 0 aliphatic carbocycles. The number of carboxylic acid groups (broad SMARTS) is 1. The molecule has 0 heterocycles. The Kier molecular flexibility index (Phi) is 5.64. The monoisotopic (exact) mass is 271 g/mol. The number of hydrogen-bond donors (Lipinski definition) is 2. The SMILES string of the molecule is CCc1ccc(NC(=O)CSCC(=O)O)cc1F. The topological polar surface area (TPSA) is 66.4 Å². The normalized spacial score (nSPS) is 10.1. The van der Waals surface area contributed by atoms with Crippen molar-refractivity contribution in [3.63, 3.8) is 0 Å². The number of benzene rings is 1. The van der Waals surface area contributed by atoms with E-state index >= 15 is 0 Å². The largest absolute Gasteiger partial charge is 0.481 e. The Bertz CT molecular complexity index is 451. The zero-order valence-electron chi connectivity index (χ0n) is 9.90. The minimum Gasteiger partial charge on any atom is -0.481 e. The van der Waals surface area contributed by atoms with E-state index in [0.29, 0.717) is 17.7 Å². The Hall–Kier alpha value is -1.56. The summed E-state index contributed by atoms with van der Waals surface area (Å²) in [7, 11) is 0. The first-order valence-electron chi connectivity index (χ1n) is 5.40. The van der Waals surface area contributed by atoms with E-state index in [-0.39, 0.29) is 23.2 Å². The number of carbonyl (C=O) groups is 2. The third kappa shape index (κ3) is 4.75. The van der Waals surface area contributed by atoms with Crippen LogP contribution >= 0.6 is 11.8 Å². The fourth-order valence-corrected chi connectivity index (χ4v) is 1.87. The van der Waals surface area contributed by atoms with Gasteiger partial charge in [-0.2, -0.15) is 0 Å². The molecule has 0 saturated carbocycles. The minimum absolute atomic E-state index is 0.0312. The third-order valence-corrected chi connectivity index (χ3v) is 3.09. The van der Waals surface area contributed by atoms with Gasteiger partial charge in [-0.1, -0.05) is 13.0 Å². The van der Waals surface area contributed by atoms with E-state index in [4.69, 9.17) is 5.11 Å². The Labute approximate surface area is 109 Å². The predicted molar refractivity (Wildman–Crippen MR) is 69.4 cm³/mol. The molecule has 0 spiro atoms. The number of carboxylic acids is 1. The Morgan fingerprint density at radius 1 is 1.39 bits per heavy atom. The summed E-state index contributed by atoms with van der Waals surface area (Å²) in [4.78, 5) is 21.7. The highest BCUT2D eigenvalue weighted by molar-refractivity contribution is 8.00. The van der Waals surface area contributed by atoms with Gasteiger partial charge < -0.3 is 10.4 Å². The highest BCUT2D eigenvalue weighted by Gasteiger charge is 2.07. The van der Waals surface area contributed by atoms with Crippen LogP contribution < -0.4 is 5.32 Å². The maximum Gasteiger partial charge on any atom is 0.313 e. The van der Waals surface area contributed by atoms with Gasteiger partial charge in [-0.3, -0.25) is 9.59 Å². The molecule has 0 unspecified atom stereocenters. The quantitative estimate of drug-likeness (QED) is 0.832. The molecule has 0 radical (unpaired) electrons. The Morgan fingerprint density at radius 2 is 2.11 bits per heavy atom. The number of rotatable bonds is 6. The van der Waals surface area contributed by atoms with Gasteiger partial charge in [0.1, 0.15) is 5.82 Å². The number of aryl methyl sites for hydroxylation is 1. The predicted octanol–water partition coefficient (Wildman–Crippen LogP) is 2.14. The van der Waals surface area contributed by atoms with Crippen molar-refractivity contribution >= 4 is 29.3 Å². The summed E-state index contributed by atoms with van der Waals surface area (Å²) < 4.78 is 13.4. The van der Waals surface area contributed by atoms with Crippen molar-refractivity contribution in [3.8, 4) is 0 Å². The van der Waals surface area contributed by atoms with E-state index in [1.165, 1.54) is 6.07 Å². The molecule has 1 aromatic carbocycles. The molecule has 1 amide bonds. The van der Waals surface area contributed by atoms with Crippen molar-refractivity contribution in [2.45, 2.75) is 13.3 Å². The van der Waals surface area contributed by atoms with E-state index in [1.54, 1.807) is 12.1 Å². The van der Waals surface area contributed by atoms with Crippen LogP contribution in [-0.4, -0.2) is 28.5 Å². The van der Waals surface area contributed by atoms with Crippen LogP contribution in [-0.2, 0) is 16.0 Å².